The van der Waals surface area contributed by atoms with E-state index in [2.05, 4.69) is 31.9 Å². The highest BCUT2D eigenvalue weighted by Crippen LogP contribution is 2.34. The summed E-state index contributed by atoms with van der Waals surface area (Å²) in [5, 5.41) is 0. The monoisotopic (exact) mass is 478 g/mol. The Labute approximate surface area is 173 Å². The van der Waals surface area contributed by atoms with Crippen LogP contribution in [0.1, 0.15) is 103 Å². The number of ether oxygens (including phenoxy) is 1. The highest BCUT2D eigenvalue weighted by Gasteiger charge is 2.22. The zero-order chi connectivity index (χ0) is 17.7. The molecule has 0 aromatic rings. The molecule has 0 radical (unpaired) electrons. The van der Waals surface area contributed by atoms with Gasteiger partial charge in [0.1, 0.15) is 0 Å². The van der Waals surface area contributed by atoms with E-state index in [9.17, 15) is 0 Å². The fourth-order valence-corrected chi connectivity index (χ4v) is 6.22. The molecule has 0 aliphatic heterocycles. The third-order valence-electron chi connectivity index (χ3n) is 6.26. The first-order valence-corrected chi connectivity index (χ1v) is 12.9. The number of hydrogen-bond acceptors (Lipinski definition) is 1. The lowest BCUT2D eigenvalue weighted by Gasteiger charge is -2.09. The molecule has 25 heavy (non-hydrogen) atoms. The zero-order valence-corrected chi connectivity index (χ0v) is 19.4. The van der Waals surface area contributed by atoms with Crippen LogP contribution in [0.15, 0.2) is 0 Å². The van der Waals surface area contributed by atoms with Gasteiger partial charge in [0.05, 0.1) is 0 Å². The molecule has 2 fully saturated rings. The molecule has 0 heterocycles. The van der Waals surface area contributed by atoms with Crippen molar-refractivity contribution in [1.29, 1.82) is 0 Å². The van der Waals surface area contributed by atoms with Crippen LogP contribution < -0.4 is 0 Å². The largest absolute Gasteiger partial charge is 0.381 e. The van der Waals surface area contributed by atoms with E-state index < -0.39 is 0 Å². The number of alkyl halides is 2. The molecule has 0 N–H and O–H groups in total. The van der Waals surface area contributed by atoms with Crippen LogP contribution in [0.5, 0.6) is 0 Å². The molecule has 3 heteroatoms. The van der Waals surface area contributed by atoms with Crippen LogP contribution in [-0.2, 0) is 4.74 Å². The molecule has 4 atom stereocenters. The van der Waals surface area contributed by atoms with Gasteiger partial charge < -0.3 is 4.74 Å². The second-order valence-corrected chi connectivity index (χ2v) is 11.2. The van der Waals surface area contributed by atoms with Crippen molar-refractivity contribution in [3.8, 4) is 0 Å². The average molecular weight is 480 g/mol. The molecule has 0 bridgehead atoms. The summed E-state index contributed by atoms with van der Waals surface area (Å²) < 4.78 is 5.81. The van der Waals surface area contributed by atoms with Gasteiger partial charge in [0.25, 0.3) is 0 Å². The molecule has 2 aliphatic rings. The van der Waals surface area contributed by atoms with Gasteiger partial charge in [0, 0.05) is 22.9 Å². The molecule has 0 spiro atoms. The quantitative estimate of drug-likeness (QED) is 0.181. The lowest BCUT2D eigenvalue weighted by Crippen LogP contribution is -1.99. The van der Waals surface area contributed by atoms with Gasteiger partial charge in [-0.25, -0.2) is 0 Å². The second-order valence-electron chi connectivity index (χ2n) is 8.57. The number of halogens is 2. The summed E-state index contributed by atoms with van der Waals surface area (Å²) >= 11 is 7.51. The molecule has 2 saturated carbocycles. The Balaban J connectivity index is 1.24. The van der Waals surface area contributed by atoms with Crippen molar-refractivity contribution in [2.75, 3.05) is 13.2 Å². The van der Waals surface area contributed by atoms with Crippen molar-refractivity contribution in [3.05, 3.63) is 0 Å². The Kier molecular flexibility index (Phi) is 12.4. The van der Waals surface area contributed by atoms with Gasteiger partial charge in [-0.15, -0.1) is 0 Å². The van der Waals surface area contributed by atoms with Crippen molar-refractivity contribution in [1.82, 2.24) is 0 Å². The van der Waals surface area contributed by atoms with E-state index in [1.54, 1.807) is 0 Å². The van der Waals surface area contributed by atoms with Crippen molar-refractivity contribution >= 4 is 31.9 Å². The molecule has 1 nitrogen and oxygen atoms in total. The molecular weight excluding hydrogens is 440 g/mol. The normalized spacial score (nSPS) is 29.5. The Hall–Kier alpha value is 0.920. The van der Waals surface area contributed by atoms with Crippen LogP contribution in [-0.4, -0.2) is 22.9 Å². The van der Waals surface area contributed by atoms with Crippen LogP contribution in [0, 0.1) is 11.8 Å². The topological polar surface area (TPSA) is 9.23 Å². The molecule has 148 valence electrons. The molecule has 2 rings (SSSR count). The Morgan fingerprint density at radius 1 is 0.560 bits per heavy atom. The second kappa shape index (κ2) is 14.0. The summed E-state index contributed by atoms with van der Waals surface area (Å²) in [5.41, 5.74) is 0. The first-order chi connectivity index (χ1) is 12.2. The highest BCUT2D eigenvalue weighted by atomic mass is 79.9. The van der Waals surface area contributed by atoms with Gasteiger partial charge in [-0.05, 0) is 63.2 Å². The Morgan fingerprint density at radius 3 is 1.40 bits per heavy atom. The summed E-state index contributed by atoms with van der Waals surface area (Å²) in [6.45, 7) is 1.98. The Morgan fingerprint density at radius 2 is 1.00 bits per heavy atom. The van der Waals surface area contributed by atoms with Gasteiger partial charge in [-0.1, -0.05) is 83.2 Å². The number of rotatable bonds is 14. The minimum Gasteiger partial charge on any atom is -0.381 e. The van der Waals surface area contributed by atoms with Gasteiger partial charge in [-0.2, -0.15) is 0 Å². The maximum absolute atomic E-state index is 5.81. The van der Waals surface area contributed by atoms with Crippen molar-refractivity contribution in [2.24, 2.45) is 11.8 Å². The predicted molar refractivity (Wildman–Crippen MR) is 117 cm³/mol. The van der Waals surface area contributed by atoms with Crippen LogP contribution in [0.3, 0.4) is 0 Å². The fraction of sp³-hybridized carbons (Fsp3) is 1.00. The van der Waals surface area contributed by atoms with Crippen molar-refractivity contribution in [3.63, 3.8) is 0 Å². The smallest absolute Gasteiger partial charge is 0.0466 e. The van der Waals surface area contributed by atoms with Crippen LogP contribution in [0.4, 0.5) is 0 Å². The number of unbranched alkanes of at least 4 members (excludes halogenated alkanes) is 6. The van der Waals surface area contributed by atoms with E-state index in [4.69, 9.17) is 4.74 Å². The molecule has 0 aromatic heterocycles. The van der Waals surface area contributed by atoms with Crippen molar-refractivity contribution in [2.45, 2.75) is 112 Å². The summed E-state index contributed by atoms with van der Waals surface area (Å²) in [5.74, 6) is 2.02. The van der Waals surface area contributed by atoms with E-state index in [1.165, 1.54) is 103 Å². The minimum absolute atomic E-state index is 0.815. The SMILES string of the molecule is BrC1CCC(CCCCCCOCCCCCCC2CCC(Br)C2)C1. The van der Waals surface area contributed by atoms with Gasteiger partial charge in [0.15, 0.2) is 0 Å². The molecule has 0 saturated heterocycles. The summed E-state index contributed by atoms with van der Waals surface area (Å²) in [4.78, 5) is 1.63. The van der Waals surface area contributed by atoms with E-state index in [1.807, 2.05) is 0 Å². The van der Waals surface area contributed by atoms with E-state index in [0.29, 0.717) is 0 Å². The first-order valence-electron chi connectivity index (χ1n) is 11.1. The first kappa shape index (κ1) is 22.2. The molecule has 2 aliphatic carbocycles. The Bertz CT molecular complexity index is 293. The van der Waals surface area contributed by atoms with Crippen LogP contribution >= 0.6 is 31.9 Å². The molecular formula is C22H40Br2O. The van der Waals surface area contributed by atoms with E-state index in [0.717, 1.165) is 34.7 Å². The molecule has 0 amide bonds. The van der Waals surface area contributed by atoms with Crippen LogP contribution in [0.2, 0.25) is 0 Å². The molecule has 4 unspecified atom stereocenters. The van der Waals surface area contributed by atoms with Gasteiger partial charge in [0.2, 0.25) is 0 Å². The lowest BCUT2D eigenvalue weighted by molar-refractivity contribution is 0.125. The predicted octanol–water partition coefficient (Wildman–Crippen LogP) is 8.03. The summed E-state index contributed by atoms with van der Waals surface area (Å²) in [6, 6.07) is 0. The average Bonchev–Trinajstić information content (AvgIpc) is 3.20. The fourth-order valence-electron chi connectivity index (χ4n) is 4.64. The summed E-state index contributed by atoms with van der Waals surface area (Å²) in [6.07, 6.45) is 22.4. The standard InChI is InChI=1S/C22H40Br2O/c23-21-13-11-19(17-21)9-5-1-3-7-15-25-16-8-4-2-6-10-20-12-14-22(24)18-20/h19-22H,1-18H2. The van der Waals surface area contributed by atoms with Gasteiger partial charge >= 0.3 is 0 Å². The highest BCUT2D eigenvalue weighted by molar-refractivity contribution is 9.09. The lowest BCUT2D eigenvalue weighted by atomic mass is 9.99. The zero-order valence-electron chi connectivity index (χ0n) is 16.2. The maximum atomic E-state index is 5.81. The summed E-state index contributed by atoms with van der Waals surface area (Å²) in [7, 11) is 0. The van der Waals surface area contributed by atoms with Crippen molar-refractivity contribution < 1.29 is 4.74 Å². The third-order valence-corrected chi connectivity index (χ3v) is 7.92. The minimum atomic E-state index is 0.815. The third kappa shape index (κ3) is 10.7. The van der Waals surface area contributed by atoms with Gasteiger partial charge in [-0.3, -0.25) is 0 Å². The van der Waals surface area contributed by atoms with E-state index in [-0.39, 0.29) is 0 Å². The maximum Gasteiger partial charge on any atom is 0.0466 e. The van der Waals surface area contributed by atoms with Crippen LogP contribution in [0.25, 0.3) is 0 Å². The number of hydrogen-bond donors (Lipinski definition) is 0. The molecule has 0 aromatic carbocycles. The van der Waals surface area contributed by atoms with E-state index >= 15 is 0 Å².